The molecule has 1 fully saturated rings. The summed E-state index contributed by atoms with van der Waals surface area (Å²) in [5.41, 5.74) is 3.04. The quantitative estimate of drug-likeness (QED) is 0.742. The molecule has 1 atom stereocenters. The lowest BCUT2D eigenvalue weighted by molar-refractivity contribution is 0.454. The highest BCUT2D eigenvalue weighted by atomic mass is 15.2. The van der Waals surface area contributed by atoms with E-state index in [9.17, 15) is 0 Å². The largest absolute Gasteiger partial charge is 0.393 e. The number of aromatic nitrogens is 4. The molecule has 3 N–H and O–H groups in total. The lowest BCUT2D eigenvalue weighted by Crippen LogP contribution is -2.29. The number of nitrogens with zero attached hydrogens (tertiary/aromatic N) is 4. The van der Waals surface area contributed by atoms with Gasteiger partial charge in [-0.15, -0.1) is 0 Å². The molecule has 1 unspecified atom stereocenters. The van der Waals surface area contributed by atoms with E-state index in [1.807, 2.05) is 32.7 Å². The molecular formula is C18H27N7. The number of hydrogen-bond donors (Lipinski definition) is 3. The van der Waals surface area contributed by atoms with E-state index in [0.29, 0.717) is 5.92 Å². The molecule has 0 spiro atoms. The van der Waals surface area contributed by atoms with Crippen molar-refractivity contribution in [3.8, 4) is 0 Å². The second-order valence-electron chi connectivity index (χ2n) is 6.32. The minimum atomic E-state index is 0.428. The zero-order valence-electron chi connectivity index (χ0n) is 15.2. The van der Waals surface area contributed by atoms with Gasteiger partial charge in [0.15, 0.2) is 5.82 Å². The first kappa shape index (κ1) is 17.4. The maximum absolute atomic E-state index is 4.91. The molecule has 3 rings (SSSR count). The van der Waals surface area contributed by atoms with Crippen molar-refractivity contribution in [3.63, 3.8) is 0 Å². The van der Waals surface area contributed by atoms with Crippen LogP contribution in [0.15, 0.2) is 24.7 Å². The molecule has 3 heterocycles. The molecule has 0 amide bonds. The normalized spacial score (nSPS) is 18.2. The Balaban J connectivity index is 2.02. The molecule has 134 valence electrons. The average Bonchev–Trinajstić information content (AvgIpc) is 3.06. The molecule has 1 aliphatic heterocycles. The third-order valence-electron chi connectivity index (χ3n) is 4.36. The summed E-state index contributed by atoms with van der Waals surface area (Å²) in [5.74, 6) is 2.03. The Morgan fingerprint density at radius 1 is 1.44 bits per heavy atom. The van der Waals surface area contributed by atoms with E-state index in [4.69, 9.17) is 9.97 Å². The van der Waals surface area contributed by atoms with Crippen LogP contribution in [0.5, 0.6) is 0 Å². The van der Waals surface area contributed by atoms with Gasteiger partial charge in [0.05, 0.1) is 11.9 Å². The fourth-order valence-electron chi connectivity index (χ4n) is 3.15. The average molecular weight is 341 g/mol. The van der Waals surface area contributed by atoms with Gasteiger partial charge in [-0.25, -0.2) is 9.97 Å². The Labute approximate surface area is 149 Å². The van der Waals surface area contributed by atoms with Crippen molar-refractivity contribution in [3.05, 3.63) is 41.7 Å². The van der Waals surface area contributed by atoms with Crippen molar-refractivity contribution in [2.24, 2.45) is 7.05 Å². The van der Waals surface area contributed by atoms with Crippen molar-refractivity contribution in [2.45, 2.75) is 25.7 Å². The zero-order valence-corrected chi connectivity index (χ0v) is 15.2. The summed E-state index contributed by atoms with van der Waals surface area (Å²) in [6.45, 7) is 4.97. The number of anilines is 1. The highest BCUT2D eigenvalue weighted by Crippen LogP contribution is 2.27. The summed E-state index contributed by atoms with van der Waals surface area (Å²) >= 11 is 0. The van der Waals surface area contributed by atoms with Gasteiger partial charge in [-0.2, -0.15) is 5.10 Å². The number of aryl methyl sites for hydroxylation is 1. The first-order valence-corrected chi connectivity index (χ1v) is 8.91. The molecule has 1 aliphatic rings. The van der Waals surface area contributed by atoms with E-state index in [2.05, 4.69) is 34.0 Å². The molecule has 25 heavy (non-hydrogen) atoms. The maximum Gasteiger partial charge on any atom is 0.163 e. The van der Waals surface area contributed by atoms with Crippen molar-refractivity contribution in [2.75, 3.05) is 32.0 Å². The highest BCUT2D eigenvalue weighted by molar-refractivity contribution is 5.75. The summed E-state index contributed by atoms with van der Waals surface area (Å²) in [5, 5.41) is 14.2. The smallest absolute Gasteiger partial charge is 0.163 e. The number of piperidine rings is 1. The molecule has 0 aromatic carbocycles. The standard InChI is InChI=1S/C18H27N7/c1-4-21-17-8-16(13-6-5-7-20-9-13)23-18(24-17)15(11-19-2)14-10-22-25(3)12-14/h8,10-13,19-20H,4-7,9H2,1-3H3,(H,21,23,24). The fraction of sp³-hybridized carbons (Fsp3) is 0.500. The Hall–Kier alpha value is -2.41. The van der Waals surface area contributed by atoms with Gasteiger partial charge >= 0.3 is 0 Å². The van der Waals surface area contributed by atoms with Crippen LogP contribution >= 0.6 is 0 Å². The first-order chi connectivity index (χ1) is 12.2. The Morgan fingerprint density at radius 3 is 2.96 bits per heavy atom. The predicted octanol–water partition coefficient (Wildman–Crippen LogP) is 1.72. The second-order valence-corrected chi connectivity index (χ2v) is 6.32. The number of rotatable bonds is 6. The van der Waals surface area contributed by atoms with Crippen LogP contribution in [-0.2, 0) is 7.05 Å². The first-order valence-electron chi connectivity index (χ1n) is 8.91. The van der Waals surface area contributed by atoms with Crippen LogP contribution in [0.4, 0.5) is 5.82 Å². The van der Waals surface area contributed by atoms with Gasteiger partial charge in [-0.1, -0.05) is 0 Å². The van der Waals surface area contributed by atoms with E-state index in [1.165, 1.54) is 6.42 Å². The van der Waals surface area contributed by atoms with E-state index >= 15 is 0 Å². The summed E-state index contributed by atoms with van der Waals surface area (Å²) in [7, 11) is 3.80. The van der Waals surface area contributed by atoms with Gasteiger partial charge in [-0.3, -0.25) is 4.68 Å². The predicted molar refractivity (Wildman–Crippen MR) is 100 cm³/mol. The number of hydrogen-bond acceptors (Lipinski definition) is 6. The van der Waals surface area contributed by atoms with E-state index in [-0.39, 0.29) is 0 Å². The molecule has 0 saturated carbocycles. The SMILES string of the molecule is CCNc1cc(C2CCCNC2)nc(C(=CNC)c2cnn(C)c2)n1. The summed E-state index contributed by atoms with van der Waals surface area (Å²) in [6.07, 6.45) is 8.10. The molecule has 0 aliphatic carbocycles. The Bertz CT molecular complexity index is 729. The van der Waals surface area contributed by atoms with Crippen molar-refractivity contribution in [1.29, 1.82) is 0 Å². The van der Waals surface area contributed by atoms with Crippen LogP contribution < -0.4 is 16.0 Å². The zero-order chi connectivity index (χ0) is 17.6. The maximum atomic E-state index is 4.91. The molecule has 0 bridgehead atoms. The van der Waals surface area contributed by atoms with Gasteiger partial charge in [-0.05, 0) is 26.3 Å². The van der Waals surface area contributed by atoms with Crippen LogP contribution in [0.1, 0.15) is 42.8 Å². The van der Waals surface area contributed by atoms with Crippen molar-refractivity contribution in [1.82, 2.24) is 30.4 Å². The highest BCUT2D eigenvalue weighted by Gasteiger charge is 2.20. The van der Waals surface area contributed by atoms with Crippen molar-refractivity contribution >= 4 is 11.4 Å². The Kier molecular flexibility index (Phi) is 5.65. The van der Waals surface area contributed by atoms with E-state index in [1.54, 1.807) is 4.68 Å². The third-order valence-corrected chi connectivity index (χ3v) is 4.36. The van der Waals surface area contributed by atoms with Crippen LogP contribution in [0, 0.1) is 0 Å². The van der Waals surface area contributed by atoms with Gasteiger partial charge < -0.3 is 16.0 Å². The van der Waals surface area contributed by atoms with E-state index < -0.39 is 0 Å². The molecular weight excluding hydrogens is 314 g/mol. The lowest BCUT2D eigenvalue weighted by Gasteiger charge is -2.23. The van der Waals surface area contributed by atoms with Crippen LogP contribution in [-0.4, -0.2) is 46.4 Å². The minimum Gasteiger partial charge on any atom is -0.393 e. The van der Waals surface area contributed by atoms with Crippen LogP contribution in [0.3, 0.4) is 0 Å². The monoisotopic (exact) mass is 341 g/mol. The molecule has 7 nitrogen and oxygen atoms in total. The summed E-state index contributed by atoms with van der Waals surface area (Å²) in [4.78, 5) is 9.64. The third kappa shape index (κ3) is 4.17. The van der Waals surface area contributed by atoms with Gasteiger partial charge in [0.1, 0.15) is 5.82 Å². The number of nitrogens with one attached hydrogen (secondary N) is 3. The summed E-state index contributed by atoms with van der Waals surface area (Å²) < 4.78 is 1.79. The van der Waals surface area contributed by atoms with E-state index in [0.717, 1.165) is 54.5 Å². The molecule has 2 aromatic heterocycles. The minimum absolute atomic E-state index is 0.428. The summed E-state index contributed by atoms with van der Waals surface area (Å²) in [6, 6.07) is 2.09. The van der Waals surface area contributed by atoms with Gasteiger partial charge in [0.25, 0.3) is 0 Å². The molecule has 2 aromatic rings. The van der Waals surface area contributed by atoms with Gasteiger partial charge in [0, 0.05) is 62.7 Å². The second kappa shape index (κ2) is 8.11. The van der Waals surface area contributed by atoms with Gasteiger partial charge in [0.2, 0.25) is 0 Å². The molecule has 7 heteroatoms. The Morgan fingerprint density at radius 2 is 2.32 bits per heavy atom. The topological polar surface area (TPSA) is 79.7 Å². The fourth-order valence-corrected chi connectivity index (χ4v) is 3.15. The van der Waals surface area contributed by atoms with Crippen LogP contribution in [0.2, 0.25) is 0 Å². The van der Waals surface area contributed by atoms with Crippen molar-refractivity contribution < 1.29 is 0 Å². The molecule has 0 radical (unpaired) electrons. The molecule has 1 saturated heterocycles. The lowest BCUT2D eigenvalue weighted by atomic mass is 9.95. The van der Waals surface area contributed by atoms with Crippen LogP contribution in [0.25, 0.3) is 5.57 Å².